The molecule has 0 atom stereocenters. The number of sulfonamides is 1. The lowest BCUT2D eigenvalue weighted by molar-refractivity contribution is -0.192. The van der Waals surface area contributed by atoms with Crippen LogP contribution in [-0.2, 0) is 19.6 Å². The van der Waals surface area contributed by atoms with Gasteiger partial charge in [-0.2, -0.15) is 17.5 Å². The van der Waals surface area contributed by atoms with Gasteiger partial charge in [0, 0.05) is 52.2 Å². The molecule has 1 aromatic rings. The number of alkyl halides is 3. The van der Waals surface area contributed by atoms with E-state index in [9.17, 15) is 26.4 Å². The molecular formula is C22H33F3N4O5S. The number of likely N-dealkylation sites (tertiary alicyclic amines) is 1. The van der Waals surface area contributed by atoms with Crippen LogP contribution in [-0.4, -0.2) is 105 Å². The summed E-state index contributed by atoms with van der Waals surface area (Å²) in [6.07, 6.45) is -2.51. The Labute approximate surface area is 203 Å². The Hall–Kier alpha value is -2.22. The molecule has 2 N–H and O–H groups in total. The average molecular weight is 523 g/mol. The molecule has 13 heteroatoms. The molecule has 0 saturated carbocycles. The van der Waals surface area contributed by atoms with Crippen molar-refractivity contribution in [1.82, 2.24) is 19.4 Å². The fraction of sp³-hybridized carbons (Fsp3) is 0.636. The molecule has 35 heavy (non-hydrogen) atoms. The van der Waals surface area contributed by atoms with E-state index in [1.165, 1.54) is 17.1 Å². The van der Waals surface area contributed by atoms with Crippen LogP contribution >= 0.6 is 0 Å². The number of carboxylic acids is 1. The van der Waals surface area contributed by atoms with Crippen molar-refractivity contribution in [3.05, 3.63) is 29.8 Å². The lowest BCUT2D eigenvalue weighted by Gasteiger charge is -2.29. The number of amides is 1. The van der Waals surface area contributed by atoms with Crippen molar-refractivity contribution >= 4 is 21.9 Å². The van der Waals surface area contributed by atoms with Gasteiger partial charge in [-0.15, -0.1) is 0 Å². The van der Waals surface area contributed by atoms with Gasteiger partial charge >= 0.3 is 12.1 Å². The van der Waals surface area contributed by atoms with Crippen LogP contribution in [0.2, 0.25) is 0 Å². The van der Waals surface area contributed by atoms with Gasteiger partial charge in [0.2, 0.25) is 15.9 Å². The summed E-state index contributed by atoms with van der Waals surface area (Å²) in [6.45, 7) is 8.33. The van der Waals surface area contributed by atoms with Crippen LogP contribution in [0.25, 0.3) is 0 Å². The first-order valence-electron chi connectivity index (χ1n) is 11.5. The van der Waals surface area contributed by atoms with Crippen LogP contribution in [0.15, 0.2) is 29.2 Å². The number of carbonyl (C=O) groups is 2. The van der Waals surface area contributed by atoms with Crippen molar-refractivity contribution in [2.75, 3.05) is 58.9 Å². The second kappa shape index (κ2) is 13.2. The summed E-state index contributed by atoms with van der Waals surface area (Å²) in [7, 11) is -3.61. The number of aryl methyl sites for hydroxylation is 1. The number of piperazine rings is 1. The largest absolute Gasteiger partial charge is 0.490 e. The van der Waals surface area contributed by atoms with Gasteiger partial charge in [-0.05, 0) is 45.0 Å². The van der Waals surface area contributed by atoms with Gasteiger partial charge in [-0.3, -0.25) is 4.79 Å². The maximum Gasteiger partial charge on any atom is 0.490 e. The second-order valence-corrected chi connectivity index (χ2v) is 10.4. The van der Waals surface area contributed by atoms with Crippen LogP contribution in [0, 0.1) is 6.92 Å². The number of nitrogens with one attached hydrogen (secondary N) is 1. The van der Waals surface area contributed by atoms with Gasteiger partial charge in [0.25, 0.3) is 0 Å². The molecule has 2 aliphatic heterocycles. The predicted octanol–water partition coefficient (Wildman–Crippen LogP) is 1.54. The molecule has 2 fully saturated rings. The zero-order valence-corrected chi connectivity index (χ0v) is 20.6. The minimum Gasteiger partial charge on any atom is -0.475 e. The number of halogens is 3. The van der Waals surface area contributed by atoms with E-state index < -0.39 is 22.2 Å². The number of aliphatic carboxylic acids is 1. The summed E-state index contributed by atoms with van der Waals surface area (Å²) in [5.41, 5.74) is 1.02. The maximum atomic E-state index is 13.2. The monoisotopic (exact) mass is 522 g/mol. The number of nitrogens with zero attached hydrogens (tertiary/aromatic N) is 3. The van der Waals surface area contributed by atoms with E-state index in [1.54, 1.807) is 12.1 Å². The van der Waals surface area contributed by atoms with E-state index in [1.807, 2.05) is 24.0 Å². The summed E-state index contributed by atoms with van der Waals surface area (Å²) in [5, 5.41) is 10.4. The first-order chi connectivity index (χ1) is 16.4. The van der Waals surface area contributed by atoms with Gasteiger partial charge < -0.3 is 20.2 Å². The predicted molar refractivity (Wildman–Crippen MR) is 123 cm³/mol. The molecule has 0 radical (unpaired) electrons. The summed E-state index contributed by atoms with van der Waals surface area (Å²) in [6, 6.07) is 6.95. The number of benzene rings is 1. The van der Waals surface area contributed by atoms with Crippen molar-refractivity contribution in [2.24, 2.45) is 0 Å². The maximum absolute atomic E-state index is 13.2. The lowest BCUT2D eigenvalue weighted by atomic mass is 10.2. The molecule has 0 aromatic heterocycles. The van der Waals surface area contributed by atoms with Crippen LogP contribution in [0.1, 0.15) is 24.8 Å². The minimum atomic E-state index is -5.08. The van der Waals surface area contributed by atoms with Gasteiger partial charge in [0.05, 0.1) is 4.90 Å². The lowest BCUT2D eigenvalue weighted by Crippen LogP contribution is -2.47. The average Bonchev–Trinajstić information content (AvgIpc) is 3.33. The minimum absolute atomic E-state index is 0.0341. The smallest absolute Gasteiger partial charge is 0.475 e. The van der Waals surface area contributed by atoms with Crippen LogP contribution in [0.3, 0.4) is 0 Å². The fourth-order valence-corrected chi connectivity index (χ4v) is 5.20. The first-order valence-corrected chi connectivity index (χ1v) is 12.9. The topological polar surface area (TPSA) is 110 Å². The molecular weight excluding hydrogens is 489 g/mol. The summed E-state index contributed by atoms with van der Waals surface area (Å²) in [4.78, 5) is 25.9. The van der Waals surface area contributed by atoms with Crippen molar-refractivity contribution < 1.29 is 36.3 Å². The Bertz CT molecular complexity index is 929. The Balaban J connectivity index is 0.000000540. The van der Waals surface area contributed by atoms with Crippen LogP contribution in [0.4, 0.5) is 13.2 Å². The Morgan fingerprint density at radius 2 is 1.57 bits per heavy atom. The zero-order chi connectivity index (χ0) is 26.1. The highest BCUT2D eigenvalue weighted by Gasteiger charge is 2.38. The van der Waals surface area contributed by atoms with Gasteiger partial charge in [-0.25, -0.2) is 13.2 Å². The molecule has 1 aromatic carbocycles. The normalized spacial score (nSPS) is 17.2. The van der Waals surface area contributed by atoms with E-state index >= 15 is 0 Å². The second-order valence-electron chi connectivity index (χ2n) is 8.45. The quantitative estimate of drug-likeness (QED) is 0.533. The Morgan fingerprint density at radius 3 is 2.09 bits per heavy atom. The third kappa shape index (κ3) is 9.39. The molecule has 3 rings (SSSR count). The highest BCUT2D eigenvalue weighted by Crippen LogP contribution is 2.18. The SMILES string of the molecule is Cc1ccc(S(=O)(=O)N(CCC(=O)N2CCNCC2)CCN2CCCC2)cc1.O=C(O)C(F)(F)F. The zero-order valence-electron chi connectivity index (χ0n) is 19.8. The van der Waals surface area contributed by atoms with Crippen molar-refractivity contribution in [2.45, 2.75) is 37.3 Å². The number of hydrogen-bond donors (Lipinski definition) is 2. The summed E-state index contributed by atoms with van der Waals surface area (Å²) >= 11 is 0. The van der Waals surface area contributed by atoms with Crippen LogP contribution < -0.4 is 5.32 Å². The van der Waals surface area contributed by atoms with Gasteiger partial charge in [-0.1, -0.05) is 17.7 Å². The molecule has 1 amide bonds. The molecule has 0 spiro atoms. The van der Waals surface area contributed by atoms with E-state index in [2.05, 4.69) is 10.2 Å². The third-order valence-electron chi connectivity index (χ3n) is 5.81. The summed E-state index contributed by atoms with van der Waals surface area (Å²) < 4.78 is 59.7. The number of rotatable bonds is 8. The molecule has 9 nitrogen and oxygen atoms in total. The molecule has 2 aliphatic rings. The fourth-order valence-electron chi connectivity index (χ4n) is 3.76. The Kier molecular flexibility index (Phi) is 10.9. The van der Waals surface area contributed by atoms with Gasteiger partial charge in [0.15, 0.2) is 0 Å². The third-order valence-corrected chi connectivity index (χ3v) is 7.72. The molecule has 0 bridgehead atoms. The number of carbonyl (C=O) groups excluding carboxylic acids is 1. The van der Waals surface area contributed by atoms with Gasteiger partial charge in [0.1, 0.15) is 0 Å². The van der Waals surface area contributed by atoms with Crippen molar-refractivity contribution in [3.8, 4) is 0 Å². The highest BCUT2D eigenvalue weighted by molar-refractivity contribution is 7.89. The number of hydrogen-bond acceptors (Lipinski definition) is 6. The van der Waals surface area contributed by atoms with E-state index in [0.29, 0.717) is 31.1 Å². The number of carboxylic acid groups (broad SMARTS) is 1. The van der Waals surface area contributed by atoms with Crippen molar-refractivity contribution in [3.63, 3.8) is 0 Å². The molecule has 2 saturated heterocycles. The van der Waals surface area contributed by atoms with E-state index in [-0.39, 0.29) is 18.9 Å². The standard InChI is InChI=1S/C20H32N4O3S.C2HF3O2/c1-18-4-6-19(7-5-18)28(26,27)24(17-16-22-11-2-3-12-22)13-8-20(25)23-14-9-21-10-15-23;3-2(4,5)1(6)7/h4-7,21H,2-3,8-17H2,1H3;(H,6,7). The first kappa shape index (κ1) is 29.0. The molecule has 198 valence electrons. The van der Waals surface area contributed by atoms with Crippen LogP contribution in [0.5, 0.6) is 0 Å². The molecule has 0 aliphatic carbocycles. The highest BCUT2D eigenvalue weighted by atomic mass is 32.2. The van der Waals surface area contributed by atoms with Crippen molar-refractivity contribution in [1.29, 1.82) is 0 Å². The molecule has 2 heterocycles. The Morgan fingerprint density at radius 1 is 1.03 bits per heavy atom. The van der Waals surface area contributed by atoms with E-state index in [4.69, 9.17) is 9.90 Å². The van der Waals surface area contributed by atoms with E-state index in [0.717, 1.165) is 31.7 Å². The molecule has 0 unspecified atom stereocenters. The summed E-state index contributed by atoms with van der Waals surface area (Å²) in [5.74, 6) is -2.72.